The molecule has 0 aliphatic carbocycles. The largest absolute Gasteiger partial charge is 0.478 e. The Labute approximate surface area is 102 Å². The fraction of sp³-hybridized carbons (Fsp3) is 0. The van der Waals surface area contributed by atoms with E-state index >= 15 is 0 Å². The van der Waals surface area contributed by atoms with E-state index in [1.807, 2.05) is 18.2 Å². The lowest BCUT2D eigenvalue weighted by Crippen LogP contribution is -2.01. The van der Waals surface area contributed by atoms with Crippen LogP contribution in [0.5, 0.6) is 0 Å². The molecule has 0 fully saturated rings. The molecule has 0 unspecified atom stereocenters. The topological polar surface area (TPSA) is 68.0 Å². The monoisotopic (exact) mass is 239 g/mol. The summed E-state index contributed by atoms with van der Waals surface area (Å²) in [7, 11) is 0. The summed E-state index contributed by atoms with van der Waals surface area (Å²) in [6, 6.07) is 10.7. The highest BCUT2D eigenvalue weighted by atomic mass is 16.4. The zero-order chi connectivity index (χ0) is 12.5. The van der Waals surface area contributed by atoms with Gasteiger partial charge >= 0.3 is 5.97 Å². The number of rotatable bonds is 2. The maximum absolute atomic E-state index is 11.2. The maximum atomic E-state index is 11.2. The van der Waals surface area contributed by atoms with E-state index in [9.17, 15) is 4.79 Å². The summed E-state index contributed by atoms with van der Waals surface area (Å²) in [6.07, 6.45) is 3.03. The van der Waals surface area contributed by atoms with Crippen molar-refractivity contribution in [1.82, 2.24) is 14.8 Å². The number of hydrogen-bond acceptors (Lipinski definition) is 3. The summed E-state index contributed by atoms with van der Waals surface area (Å²) in [5.41, 5.74) is 1.10. The predicted molar refractivity (Wildman–Crippen MR) is 65.8 cm³/mol. The molecule has 3 rings (SSSR count). The number of carboxylic acid groups (broad SMARTS) is 1. The lowest BCUT2D eigenvalue weighted by molar-refractivity contribution is 0.0699. The van der Waals surface area contributed by atoms with E-state index in [1.165, 1.54) is 6.33 Å². The van der Waals surface area contributed by atoms with Crippen LogP contribution in [0.3, 0.4) is 0 Å². The van der Waals surface area contributed by atoms with Gasteiger partial charge in [-0.05, 0) is 17.5 Å². The Morgan fingerprint density at radius 2 is 1.89 bits per heavy atom. The smallest absolute Gasteiger partial charge is 0.336 e. The summed E-state index contributed by atoms with van der Waals surface area (Å²) in [5, 5.41) is 14.8. The van der Waals surface area contributed by atoms with Crippen LogP contribution < -0.4 is 0 Å². The number of aromatic carboxylic acids is 1. The quantitative estimate of drug-likeness (QED) is 0.743. The highest BCUT2D eigenvalue weighted by Crippen LogP contribution is 2.25. The number of aromatic nitrogens is 3. The van der Waals surface area contributed by atoms with Crippen LogP contribution in [0, 0.1) is 0 Å². The van der Waals surface area contributed by atoms with Crippen LogP contribution in [0.25, 0.3) is 16.5 Å². The zero-order valence-corrected chi connectivity index (χ0v) is 9.32. The van der Waals surface area contributed by atoms with E-state index in [0.29, 0.717) is 5.39 Å². The lowest BCUT2D eigenvalue weighted by atomic mass is 10.0. The van der Waals surface area contributed by atoms with E-state index in [1.54, 1.807) is 29.2 Å². The van der Waals surface area contributed by atoms with Gasteiger partial charge in [0.25, 0.3) is 0 Å². The highest BCUT2D eigenvalue weighted by molar-refractivity contribution is 6.06. The molecule has 1 aromatic heterocycles. The third-order valence-corrected chi connectivity index (χ3v) is 2.80. The number of carbonyl (C=O) groups is 1. The van der Waals surface area contributed by atoms with Gasteiger partial charge < -0.3 is 5.11 Å². The number of benzene rings is 2. The van der Waals surface area contributed by atoms with Crippen LogP contribution in [0.1, 0.15) is 10.4 Å². The second-order valence-electron chi connectivity index (χ2n) is 3.82. The molecule has 1 heterocycles. The van der Waals surface area contributed by atoms with Gasteiger partial charge in [-0.3, -0.25) is 0 Å². The van der Waals surface area contributed by atoms with Crippen molar-refractivity contribution in [2.45, 2.75) is 0 Å². The van der Waals surface area contributed by atoms with Crippen LogP contribution in [0.4, 0.5) is 0 Å². The molecule has 5 nitrogen and oxygen atoms in total. The second-order valence-corrected chi connectivity index (χ2v) is 3.82. The van der Waals surface area contributed by atoms with E-state index in [0.717, 1.165) is 11.1 Å². The van der Waals surface area contributed by atoms with Gasteiger partial charge in [-0.15, -0.1) is 0 Å². The Kier molecular flexibility index (Phi) is 2.30. The van der Waals surface area contributed by atoms with Crippen LogP contribution in [0.2, 0.25) is 0 Å². The maximum Gasteiger partial charge on any atom is 0.336 e. The van der Waals surface area contributed by atoms with Crippen molar-refractivity contribution in [3.63, 3.8) is 0 Å². The van der Waals surface area contributed by atoms with E-state index in [2.05, 4.69) is 10.1 Å². The number of fused-ring (bicyclic) bond motifs is 1. The standard InChI is InChI=1S/C13H9N3O2/c17-13(18)11-5-6-12(16-8-14-7-15-16)10-4-2-1-3-9(10)11/h1-8H,(H,17,18). The minimum Gasteiger partial charge on any atom is -0.478 e. The van der Waals surface area contributed by atoms with Gasteiger partial charge in [0.1, 0.15) is 12.7 Å². The summed E-state index contributed by atoms with van der Waals surface area (Å²) >= 11 is 0. The van der Waals surface area contributed by atoms with Crippen molar-refractivity contribution in [1.29, 1.82) is 0 Å². The first-order valence-electron chi connectivity index (χ1n) is 5.37. The first-order valence-corrected chi connectivity index (χ1v) is 5.37. The van der Waals surface area contributed by atoms with Gasteiger partial charge in [-0.1, -0.05) is 24.3 Å². The molecule has 88 valence electrons. The Morgan fingerprint density at radius 1 is 1.11 bits per heavy atom. The van der Waals surface area contributed by atoms with Crippen molar-refractivity contribution in [2.75, 3.05) is 0 Å². The molecule has 2 aromatic carbocycles. The highest BCUT2D eigenvalue weighted by Gasteiger charge is 2.11. The Balaban J connectivity index is 2.37. The molecule has 0 atom stereocenters. The molecule has 1 N–H and O–H groups in total. The molecule has 0 amide bonds. The molecule has 0 aliphatic heterocycles. The molecule has 0 aliphatic rings. The fourth-order valence-electron chi connectivity index (χ4n) is 2.00. The number of nitrogens with zero attached hydrogens (tertiary/aromatic N) is 3. The molecule has 0 bridgehead atoms. The molecule has 0 saturated heterocycles. The minimum absolute atomic E-state index is 0.287. The first-order chi connectivity index (χ1) is 8.77. The lowest BCUT2D eigenvalue weighted by Gasteiger charge is -2.08. The fourth-order valence-corrected chi connectivity index (χ4v) is 2.00. The third kappa shape index (κ3) is 1.53. The Bertz CT molecular complexity index is 720. The van der Waals surface area contributed by atoms with E-state index < -0.39 is 5.97 Å². The summed E-state index contributed by atoms with van der Waals surface area (Å²) in [6.45, 7) is 0. The van der Waals surface area contributed by atoms with Gasteiger partial charge in [0, 0.05) is 5.39 Å². The van der Waals surface area contributed by atoms with E-state index in [-0.39, 0.29) is 5.56 Å². The summed E-state index contributed by atoms with van der Waals surface area (Å²) < 4.78 is 1.62. The molecule has 0 spiro atoms. The van der Waals surface area contributed by atoms with Crippen molar-refractivity contribution >= 4 is 16.7 Å². The second kappa shape index (κ2) is 3.96. The average Bonchev–Trinajstić information content (AvgIpc) is 2.91. The van der Waals surface area contributed by atoms with Gasteiger partial charge in [0.2, 0.25) is 0 Å². The van der Waals surface area contributed by atoms with Gasteiger partial charge in [-0.2, -0.15) is 5.10 Å². The first kappa shape index (κ1) is 10.5. The zero-order valence-electron chi connectivity index (χ0n) is 9.32. The molecular weight excluding hydrogens is 230 g/mol. The minimum atomic E-state index is -0.934. The van der Waals surface area contributed by atoms with Crippen LogP contribution in [-0.2, 0) is 0 Å². The molecule has 5 heteroatoms. The normalized spacial score (nSPS) is 10.7. The van der Waals surface area contributed by atoms with Crippen molar-refractivity contribution in [3.05, 3.63) is 54.6 Å². The molecule has 0 radical (unpaired) electrons. The van der Waals surface area contributed by atoms with E-state index in [4.69, 9.17) is 5.11 Å². The molecular formula is C13H9N3O2. The molecule has 3 aromatic rings. The summed E-state index contributed by atoms with van der Waals surface area (Å²) in [5.74, 6) is -0.934. The number of carboxylic acids is 1. The predicted octanol–water partition coefficient (Wildman–Crippen LogP) is 2.12. The van der Waals surface area contributed by atoms with Gasteiger partial charge in [0.15, 0.2) is 0 Å². The molecule has 18 heavy (non-hydrogen) atoms. The Hall–Kier alpha value is -2.69. The third-order valence-electron chi connectivity index (χ3n) is 2.80. The van der Waals surface area contributed by atoms with Crippen LogP contribution >= 0.6 is 0 Å². The van der Waals surface area contributed by atoms with Crippen LogP contribution in [-0.4, -0.2) is 25.8 Å². The SMILES string of the molecule is O=C(O)c1ccc(-n2cncn2)c2ccccc12. The van der Waals surface area contributed by atoms with Crippen molar-refractivity contribution in [2.24, 2.45) is 0 Å². The van der Waals surface area contributed by atoms with Crippen LogP contribution in [0.15, 0.2) is 49.1 Å². The number of hydrogen-bond donors (Lipinski definition) is 1. The van der Waals surface area contributed by atoms with Gasteiger partial charge in [0.05, 0.1) is 11.3 Å². The Morgan fingerprint density at radius 3 is 2.56 bits per heavy atom. The van der Waals surface area contributed by atoms with Crippen molar-refractivity contribution in [3.8, 4) is 5.69 Å². The van der Waals surface area contributed by atoms with Crippen molar-refractivity contribution < 1.29 is 9.90 Å². The van der Waals surface area contributed by atoms with Gasteiger partial charge in [-0.25, -0.2) is 14.5 Å². The molecule has 0 saturated carbocycles. The summed E-state index contributed by atoms with van der Waals surface area (Å²) in [4.78, 5) is 15.1. The average molecular weight is 239 g/mol.